The van der Waals surface area contributed by atoms with E-state index >= 15 is 0 Å². The average molecular weight is 448 g/mol. The van der Waals surface area contributed by atoms with Gasteiger partial charge in [-0.05, 0) is 38.8 Å². The highest BCUT2D eigenvalue weighted by Crippen LogP contribution is 2.40. The number of nitrogens with zero attached hydrogens (tertiary/aromatic N) is 4. The zero-order valence-electron chi connectivity index (χ0n) is 18.8. The van der Waals surface area contributed by atoms with Crippen LogP contribution in [-0.2, 0) is 4.74 Å². The number of aryl methyl sites for hydroxylation is 1. The van der Waals surface area contributed by atoms with E-state index in [0.29, 0.717) is 22.2 Å². The lowest BCUT2D eigenvalue weighted by atomic mass is 9.77. The molecule has 1 atom stereocenters. The normalized spacial score (nSPS) is 18.6. The average Bonchev–Trinajstić information content (AvgIpc) is 3.20. The summed E-state index contributed by atoms with van der Waals surface area (Å²) in [5, 5.41) is 13.6. The Hall–Kier alpha value is -3.26. The number of fused-ring (bicyclic) bond motifs is 2. The Labute approximate surface area is 191 Å². The predicted octanol–water partition coefficient (Wildman–Crippen LogP) is 5.01. The molecular formula is C25H26FN5O2. The number of hydrogen-bond donors (Lipinski definition) is 1. The number of pyridine rings is 1. The SMILES string of the molecule is Cc1nnc(N[C@H](C)c2cccc3c(F)coc23)c2cc(N3CCC4(CC3)COC4)cnc12. The topological polar surface area (TPSA) is 76.3 Å². The van der Waals surface area contributed by atoms with Gasteiger partial charge < -0.3 is 19.4 Å². The van der Waals surface area contributed by atoms with Crippen LogP contribution in [0.4, 0.5) is 15.9 Å². The Bertz CT molecular complexity index is 1340. The van der Waals surface area contributed by atoms with E-state index in [4.69, 9.17) is 14.1 Å². The molecule has 2 aliphatic heterocycles. The van der Waals surface area contributed by atoms with Crippen LogP contribution >= 0.6 is 0 Å². The monoisotopic (exact) mass is 447 g/mol. The fourth-order valence-corrected chi connectivity index (χ4v) is 5.02. The number of rotatable bonds is 4. The molecule has 0 aliphatic carbocycles. The first kappa shape index (κ1) is 20.4. The maximum absolute atomic E-state index is 14.0. The van der Waals surface area contributed by atoms with Crippen molar-refractivity contribution < 1.29 is 13.5 Å². The van der Waals surface area contributed by atoms with Crippen molar-refractivity contribution in [3.63, 3.8) is 0 Å². The molecule has 8 heteroatoms. The molecule has 6 rings (SSSR count). The quantitative estimate of drug-likeness (QED) is 0.471. The van der Waals surface area contributed by atoms with Gasteiger partial charge in [0, 0.05) is 29.5 Å². The standard InChI is InChI=1S/C25H26FN5O2/c1-15(18-4-3-5-19-21(26)12-33-23(18)19)28-24-20-10-17(11-27-22(20)16(2)29-30-24)31-8-6-25(7-9-31)13-32-14-25/h3-5,10-12,15H,6-9,13-14H2,1-2H3,(H,28,30)/t15-/m1/s1. The second kappa shape index (κ2) is 7.66. The molecule has 3 aromatic heterocycles. The molecule has 0 bridgehead atoms. The van der Waals surface area contributed by atoms with Crippen molar-refractivity contribution in [3.05, 3.63) is 53.8 Å². The smallest absolute Gasteiger partial charge is 0.169 e. The Balaban J connectivity index is 1.32. The van der Waals surface area contributed by atoms with Gasteiger partial charge >= 0.3 is 0 Å². The van der Waals surface area contributed by atoms with E-state index in [0.717, 1.165) is 73.3 Å². The van der Waals surface area contributed by atoms with Gasteiger partial charge in [0.1, 0.15) is 11.8 Å². The summed E-state index contributed by atoms with van der Waals surface area (Å²) in [5.41, 5.74) is 4.49. The van der Waals surface area contributed by atoms with Crippen LogP contribution < -0.4 is 10.2 Å². The van der Waals surface area contributed by atoms with Crippen molar-refractivity contribution in [1.82, 2.24) is 15.2 Å². The number of piperidine rings is 1. The predicted molar refractivity (Wildman–Crippen MR) is 125 cm³/mol. The molecule has 2 saturated heterocycles. The van der Waals surface area contributed by atoms with Crippen molar-refractivity contribution in [2.75, 3.05) is 36.5 Å². The van der Waals surface area contributed by atoms with Gasteiger partial charge in [0.2, 0.25) is 0 Å². The van der Waals surface area contributed by atoms with Crippen molar-refractivity contribution in [3.8, 4) is 0 Å². The molecule has 7 nitrogen and oxygen atoms in total. The summed E-state index contributed by atoms with van der Waals surface area (Å²) in [6, 6.07) is 7.48. The second-order valence-corrected chi connectivity index (χ2v) is 9.38. The van der Waals surface area contributed by atoms with Gasteiger partial charge in [0.25, 0.3) is 0 Å². The van der Waals surface area contributed by atoms with Gasteiger partial charge in [-0.25, -0.2) is 4.39 Å². The lowest BCUT2D eigenvalue weighted by molar-refractivity contribution is -0.124. The summed E-state index contributed by atoms with van der Waals surface area (Å²) in [6.07, 6.45) is 5.37. The first-order chi connectivity index (χ1) is 16.0. The summed E-state index contributed by atoms with van der Waals surface area (Å²) < 4.78 is 25.0. The summed E-state index contributed by atoms with van der Waals surface area (Å²) in [4.78, 5) is 7.14. The molecule has 33 heavy (non-hydrogen) atoms. The summed E-state index contributed by atoms with van der Waals surface area (Å²) in [5.74, 6) is 0.299. The van der Waals surface area contributed by atoms with Crippen molar-refractivity contribution in [2.45, 2.75) is 32.7 Å². The van der Waals surface area contributed by atoms with Gasteiger partial charge in [0.15, 0.2) is 11.6 Å². The second-order valence-electron chi connectivity index (χ2n) is 9.38. The number of ether oxygens (including phenoxy) is 1. The molecule has 1 aromatic carbocycles. The fraction of sp³-hybridized carbons (Fsp3) is 0.400. The number of nitrogens with one attached hydrogen (secondary N) is 1. The lowest BCUT2D eigenvalue weighted by Crippen LogP contribution is -2.50. The van der Waals surface area contributed by atoms with Crippen LogP contribution in [-0.4, -0.2) is 41.5 Å². The van der Waals surface area contributed by atoms with Crippen LogP contribution in [0.15, 0.2) is 41.1 Å². The Kier molecular flexibility index (Phi) is 4.72. The molecule has 1 spiro atoms. The highest BCUT2D eigenvalue weighted by atomic mass is 19.1. The number of furan rings is 1. The lowest BCUT2D eigenvalue weighted by Gasteiger charge is -2.47. The minimum atomic E-state index is -0.356. The summed E-state index contributed by atoms with van der Waals surface area (Å²) in [7, 11) is 0. The highest BCUT2D eigenvalue weighted by molar-refractivity contribution is 5.92. The largest absolute Gasteiger partial charge is 0.461 e. The van der Waals surface area contributed by atoms with Crippen LogP contribution in [0.1, 0.15) is 37.1 Å². The van der Waals surface area contributed by atoms with Crippen molar-refractivity contribution in [2.24, 2.45) is 5.41 Å². The summed E-state index contributed by atoms with van der Waals surface area (Å²) >= 11 is 0. The van der Waals surface area contributed by atoms with Gasteiger partial charge in [-0.1, -0.05) is 12.1 Å². The molecule has 2 fully saturated rings. The van der Waals surface area contributed by atoms with E-state index in [-0.39, 0.29) is 11.9 Å². The van der Waals surface area contributed by atoms with E-state index in [9.17, 15) is 4.39 Å². The summed E-state index contributed by atoms with van der Waals surface area (Å²) in [6.45, 7) is 7.71. The van der Waals surface area contributed by atoms with Gasteiger partial charge in [0.05, 0.1) is 47.7 Å². The van der Waals surface area contributed by atoms with E-state index < -0.39 is 0 Å². The number of benzene rings is 1. The fourth-order valence-electron chi connectivity index (χ4n) is 5.02. The van der Waals surface area contributed by atoms with E-state index in [1.54, 1.807) is 6.07 Å². The number of para-hydroxylation sites is 1. The van der Waals surface area contributed by atoms with Gasteiger partial charge in [-0.3, -0.25) is 4.98 Å². The third-order valence-corrected chi connectivity index (χ3v) is 7.18. The van der Waals surface area contributed by atoms with E-state index in [1.807, 2.05) is 32.2 Å². The van der Waals surface area contributed by atoms with Crippen LogP contribution in [0.2, 0.25) is 0 Å². The molecule has 2 aliphatic rings. The first-order valence-electron chi connectivity index (χ1n) is 11.4. The number of hydrogen-bond acceptors (Lipinski definition) is 7. The molecule has 0 unspecified atom stereocenters. The highest BCUT2D eigenvalue weighted by Gasteiger charge is 2.41. The Morgan fingerprint density at radius 2 is 1.97 bits per heavy atom. The molecule has 0 radical (unpaired) electrons. The molecule has 4 aromatic rings. The molecule has 170 valence electrons. The molecular weight excluding hydrogens is 421 g/mol. The van der Waals surface area contributed by atoms with E-state index in [2.05, 4.69) is 26.5 Å². The zero-order chi connectivity index (χ0) is 22.6. The van der Waals surface area contributed by atoms with Crippen molar-refractivity contribution in [1.29, 1.82) is 0 Å². The molecule has 0 saturated carbocycles. The third kappa shape index (κ3) is 3.40. The van der Waals surface area contributed by atoms with Gasteiger partial charge in [-0.15, -0.1) is 5.10 Å². The Morgan fingerprint density at radius 1 is 1.15 bits per heavy atom. The number of anilines is 2. The van der Waals surface area contributed by atoms with E-state index in [1.165, 1.54) is 0 Å². The molecule has 0 amide bonds. The Morgan fingerprint density at radius 3 is 2.73 bits per heavy atom. The van der Waals surface area contributed by atoms with Crippen LogP contribution in [0.5, 0.6) is 0 Å². The first-order valence-corrected chi connectivity index (χ1v) is 11.4. The third-order valence-electron chi connectivity index (χ3n) is 7.18. The maximum atomic E-state index is 14.0. The zero-order valence-corrected chi connectivity index (χ0v) is 18.8. The molecule has 1 N–H and O–H groups in total. The van der Waals surface area contributed by atoms with Crippen molar-refractivity contribution >= 4 is 33.4 Å². The van der Waals surface area contributed by atoms with Crippen LogP contribution in [0.3, 0.4) is 0 Å². The van der Waals surface area contributed by atoms with Crippen LogP contribution in [0.25, 0.3) is 21.9 Å². The van der Waals surface area contributed by atoms with Crippen LogP contribution in [0, 0.1) is 18.2 Å². The number of halogens is 1. The molecule has 5 heterocycles. The van der Waals surface area contributed by atoms with Gasteiger partial charge in [-0.2, -0.15) is 5.10 Å². The minimum absolute atomic E-state index is 0.170. The minimum Gasteiger partial charge on any atom is -0.461 e. The number of aromatic nitrogens is 3. The maximum Gasteiger partial charge on any atom is 0.169 e.